The third-order valence-electron chi connectivity index (χ3n) is 7.92. The molecule has 4 rings (SSSR count). The normalized spacial score (nSPS) is 24.2. The molecule has 0 radical (unpaired) electrons. The fourth-order valence-corrected chi connectivity index (χ4v) is 5.31. The molecule has 36 heavy (non-hydrogen) atoms. The SMILES string of the molecule is O=C(OC[C@H]1CC[C@H](CO)CC1)c1ccc(-c2ccc(C(=O)OC[C@H]3CC[C@H](CO)CC3)cc2)cc1. The number of benzene rings is 2. The van der Waals surface area contributed by atoms with Gasteiger partial charge in [-0.1, -0.05) is 24.3 Å². The van der Waals surface area contributed by atoms with E-state index in [4.69, 9.17) is 9.47 Å². The standard InChI is InChI=1S/C30H38O6/c31-17-21-1-5-23(6-2-21)19-35-29(33)27-13-9-25(10-14-27)26-11-15-28(16-12-26)30(34)36-20-24-7-3-22(18-32)4-8-24/h9-16,21-24,31-32H,1-8,17-20H2/t21-,22-,23-,24-. The van der Waals surface area contributed by atoms with Crippen LogP contribution in [0.5, 0.6) is 0 Å². The van der Waals surface area contributed by atoms with Crippen molar-refractivity contribution in [1.82, 2.24) is 0 Å². The quantitative estimate of drug-likeness (QED) is 0.462. The minimum absolute atomic E-state index is 0.249. The molecule has 0 unspecified atom stereocenters. The fourth-order valence-electron chi connectivity index (χ4n) is 5.31. The van der Waals surface area contributed by atoms with E-state index >= 15 is 0 Å². The molecule has 6 nitrogen and oxygen atoms in total. The maximum Gasteiger partial charge on any atom is 0.338 e. The number of ether oxygens (including phenoxy) is 2. The third-order valence-corrected chi connectivity index (χ3v) is 7.92. The van der Waals surface area contributed by atoms with Crippen molar-refractivity contribution < 1.29 is 29.3 Å². The van der Waals surface area contributed by atoms with Gasteiger partial charge in [-0.25, -0.2) is 9.59 Å². The average molecular weight is 495 g/mol. The van der Waals surface area contributed by atoms with E-state index in [2.05, 4.69) is 0 Å². The first-order chi connectivity index (χ1) is 17.6. The van der Waals surface area contributed by atoms with Crippen molar-refractivity contribution in [2.45, 2.75) is 51.4 Å². The Morgan fingerprint density at radius 1 is 0.556 bits per heavy atom. The van der Waals surface area contributed by atoms with E-state index in [1.807, 2.05) is 24.3 Å². The number of rotatable bonds is 9. The third kappa shape index (κ3) is 7.17. The van der Waals surface area contributed by atoms with Crippen molar-refractivity contribution in [2.75, 3.05) is 26.4 Å². The maximum absolute atomic E-state index is 12.5. The van der Waals surface area contributed by atoms with Gasteiger partial charge in [-0.05, 0) is 110 Å². The molecule has 0 bridgehead atoms. The lowest BCUT2D eigenvalue weighted by atomic mass is 9.83. The van der Waals surface area contributed by atoms with Crippen molar-refractivity contribution in [1.29, 1.82) is 0 Å². The molecule has 2 N–H and O–H groups in total. The Morgan fingerprint density at radius 2 is 0.861 bits per heavy atom. The Morgan fingerprint density at radius 3 is 1.17 bits per heavy atom. The zero-order chi connectivity index (χ0) is 25.3. The number of carbonyl (C=O) groups excluding carboxylic acids is 2. The maximum atomic E-state index is 12.5. The molecule has 0 atom stereocenters. The number of aliphatic hydroxyl groups excluding tert-OH is 2. The van der Waals surface area contributed by atoms with Crippen LogP contribution in [0.2, 0.25) is 0 Å². The molecule has 0 spiro atoms. The van der Waals surface area contributed by atoms with Gasteiger partial charge in [0.15, 0.2) is 0 Å². The zero-order valence-electron chi connectivity index (χ0n) is 20.9. The summed E-state index contributed by atoms with van der Waals surface area (Å²) in [5, 5.41) is 18.5. The summed E-state index contributed by atoms with van der Waals surface area (Å²) in [5.41, 5.74) is 2.95. The van der Waals surface area contributed by atoms with Gasteiger partial charge in [-0.2, -0.15) is 0 Å². The summed E-state index contributed by atoms with van der Waals surface area (Å²) in [7, 11) is 0. The lowest BCUT2D eigenvalue weighted by Crippen LogP contribution is -2.22. The highest BCUT2D eigenvalue weighted by Crippen LogP contribution is 2.30. The molecule has 2 aromatic rings. The first kappa shape index (κ1) is 26.4. The molecule has 2 fully saturated rings. The minimum Gasteiger partial charge on any atom is -0.462 e. The van der Waals surface area contributed by atoms with Gasteiger partial charge < -0.3 is 19.7 Å². The Kier molecular flexibility index (Phi) is 9.54. The summed E-state index contributed by atoms with van der Waals surface area (Å²) in [4.78, 5) is 24.9. The van der Waals surface area contributed by atoms with E-state index in [0.29, 0.717) is 48.0 Å². The first-order valence-electron chi connectivity index (χ1n) is 13.3. The molecule has 0 amide bonds. The number of hydrogen-bond acceptors (Lipinski definition) is 6. The first-order valence-corrected chi connectivity index (χ1v) is 13.3. The summed E-state index contributed by atoms with van der Waals surface area (Å²) in [5.74, 6) is 0.923. The van der Waals surface area contributed by atoms with Crippen LogP contribution in [0.25, 0.3) is 11.1 Å². The van der Waals surface area contributed by atoms with Crippen molar-refractivity contribution in [3.63, 3.8) is 0 Å². The van der Waals surface area contributed by atoms with Crippen LogP contribution < -0.4 is 0 Å². The van der Waals surface area contributed by atoms with Gasteiger partial charge in [0.05, 0.1) is 24.3 Å². The smallest absolute Gasteiger partial charge is 0.338 e. The summed E-state index contributed by atoms with van der Waals surface area (Å²) in [6, 6.07) is 14.6. The van der Waals surface area contributed by atoms with Gasteiger partial charge in [-0.3, -0.25) is 0 Å². The number of aliphatic hydroxyl groups is 2. The number of esters is 2. The second kappa shape index (κ2) is 13.0. The minimum atomic E-state index is -0.311. The molecule has 2 saturated carbocycles. The van der Waals surface area contributed by atoms with Crippen LogP contribution in [0.1, 0.15) is 72.1 Å². The highest BCUT2D eigenvalue weighted by molar-refractivity contribution is 5.91. The predicted molar refractivity (Wildman–Crippen MR) is 138 cm³/mol. The number of carbonyl (C=O) groups is 2. The Hall–Kier alpha value is -2.70. The molecular weight excluding hydrogens is 456 g/mol. The van der Waals surface area contributed by atoms with Gasteiger partial charge in [-0.15, -0.1) is 0 Å². The van der Waals surface area contributed by atoms with Gasteiger partial charge in [0.25, 0.3) is 0 Å². The van der Waals surface area contributed by atoms with Gasteiger partial charge in [0.1, 0.15) is 0 Å². The van der Waals surface area contributed by atoms with E-state index in [1.165, 1.54) is 0 Å². The fraction of sp³-hybridized carbons (Fsp3) is 0.533. The van der Waals surface area contributed by atoms with Gasteiger partial charge >= 0.3 is 11.9 Å². The molecule has 2 aliphatic rings. The van der Waals surface area contributed by atoms with Crippen LogP contribution in [0.3, 0.4) is 0 Å². The van der Waals surface area contributed by atoms with Crippen LogP contribution in [-0.2, 0) is 9.47 Å². The number of hydrogen-bond donors (Lipinski definition) is 2. The van der Waals surface area contributed by atoms with Crippen molar-refractivity contribution in [2.24, 2.45) is 23.7 Å². The highest BCUT2D eigenvalue weighted by atomic mass is 16.5. The van der Waals surface area contributed by atoms with E-state index in [0.717, 1.165) is 62.5 Å². The Bertz CT molecular complexity index is 886. The molecule has 194 valence electrons. The van der Waals surface area contributed by atoms with E-state index in [-0.39, 0.29) is 25.2 Å². The van der Waals surface area contributed by atoms with E-state index < -0.39 is 0 Å². The largest absolute Gasteiger partial charge is 0.462 e. The van der Waals surface area contributed by atoms with Crippen LogP contribution >= 0.6 is 0 Å². The molecule has 0 aromatic heterocycles. The topological polar surface area (TPSA) is 93.1 Å². The van der Waals surface area contributed by atoms with Crippen LogP contribution in [0, 0.1) is 23.7 Å². The van der Waals surface area contributed by atoms with Crippen LogP contribution in [0.15, 0.2) is 48.5 Å². The summed E-state index contributed by atoms with van der Waals surface area (Å²) < 4.78 is 11.1. The lowest BCUT2D eigenvalue weighted by molar-refractivity contribution is 0.0372. The Labute approximate surface area is 213 Å². The summed E-state index contributed by atoms with van der Waals surface area (Å²) in [6.45, 7) is 1.36. The predicted octanol–water partition coefficient (Wildman–Crippen LogP) is 5.26. The van der Waals surface area contributed by atoms with Gasteiger partial charge in [0.2, 0.25) is 0 Å². The van der Waals surface area contributed by atoms with Crippen LogP contribution in [0.4, 0.5) is 0 Å². The van der Waals surface area contributed by atoms with Crippen LogP contribution in [-0.4, -0.2) is 48.6 Å². The van der Waals surface area contributed by atoms with E-state index in [9.17, 15) is 19.8 Å². The van der Waals surface area contributed by atoms with E-state index in [1.54, 1.807) is 24.3 Å². The summed E-state index contributed by atoms with van der Waals surface area (Å²) >= 11 is 0. The van der Waals surface area contributed by atoms with Gasteiger partial charge in [0, 0.05) is 13.2 Å². The molecule has 0 saturated heterocycles. The van der Waals surface area contributed by atoms with Crippen molar-refractivity contribution in [3.05, 3.63) is 59.7 Å². The molecule has 0 heterocycles. The molecular formula is C30H38O6. The Balaban J connectivity index is 1.23. The lowest BCUT2D eigenvalue weighted by Gasteiger charge is -2.26. The molecule has 6 heteroatoms. The second-order valence-electron chi connectivity index (χ2n) is 10.5. The monoisotopic (exact) mass is 494 g/mol. The summed E-state index contributed by atoms with van der Waals surface area (Å²) in [6.07, 6.45) is 7.96. The van der Waals surface area contributed by atoms with Crippen molar-refractivity contribution in [3.8, 4) is 11.1 Å². The average Bonchev–Trinajstić information content (AvgIpc) is 2.95. The second-order valence-corrected chi connectivity index (χ2v) is 10.5. The highest BCUT2D eigenvalue weighted by Gasteiger charge is 2.23. The molecule has 2 aromatic carbocycles. The molecule has 0 aliphatic heterocycles. The molecule has 2 aliphatic carbocycles. The van der Waals surface area contributed by atoms with Crippen molar-refractivity contribution >= 4 is 11.9 Å². The zero-order valence-corrected chi connectivity index (χ0v) is 20.9.